The van der Waals surface area contributed by atoms with Crippen LogP contribution < -0.4 is 4.74 Å². The molecule has 0 saturated heterocycles. The fourth-order valence-corrected chi connectivity index (χ4v) is 1.84. The maximum atomic E-state index is 12.8. The third-order valence-corrected chi connectivity index (χ3v) is 3.05. The van der Waals surface area contributed by atoms with E-state index in [1.807, 2.05) is 0 Å². The normalized spacial score (nSPS) is 11.8. The van der Waals surface area contributed by atoms with Gasteiger partial charge in [-0.3, -0.25) is 0 Å². The van der Waals surface area contributed by atoms with E-state index in [9.17, 15) is 14.3 Å². The van der Waals surface area contributed by atoms with Crippen molar-refractivity contribution in [2.24, 2.45) is 0 Å². The largest absolute Gasteiger partial charge is 0.507 e. The Hall–Kier alpha value is -2.56. The van der Waals surface area contributed by atoms with Crippen LogP contribution in [0.5, 0.6) is 11.5 Å². The van der Waals surface area contributed by atoms with E-state index in [-0.39, 0.29) is 17.1 Å². The summed E-state index contributed by atoms with van der Waals surface area (Å²) in [7, 11) is 1.46. The molecule has 110 valence electrons. The van der Waals surface area contributed by atoms with Gasteiger partial charge in [-0.15, -0.1) is 0 Å². The number of esters is 1. The van der Waals surface area contributed by atoms with Crippen molar-refractivity contribution in [3.05, 3.63) is 59.4 Å². The Morgan fingerprint density at radius 2 is 1.86 bits per heavy atom. The lowest BCUT2D eigenvalue weighted by atomic mass is 10.1. The molecule has 1 atom stereocenters. The number of aromatic hydroxyl groups is 1. The highest BCUT2D eigenvalue weighted by Gasteiger charge is 2.17. The van der Waals surface area contributed by atoms with Crippen molar-refractivity contribution < 1.29 is 23.8 Å². The molecule has 0 aliphatic heterocycles. The molecule has 0 radical (unpaired) electrons. The molecule has 0 spiro atoms. The Balaban J connectivity index is 2.12. The average molecular weight is 290 g/mol. The van der Waals surface area contributed by atoms with Crippen molar-refractivity contribution in [2.75, 3.05) is 7.11 Å². The van der Waals surface area contributed by atoms with Crippen molar-refractivity contribution in [3.8, 4) is 11.5 Å². The second-order valence-electron chi connectivity index (χ2n) is 4.48. The molecular weight excluding hydrogens is 275 g/mol. The zero-order valence-electron chi connectivity index (χ0n) is 11.7. The van der Waals surface area contributed by atoms with Gasteiger partial charge in [0.05, 0.1) is 7.11 Å². The SMILES string of the molecule is COc1ccc(C(=O)OC(C)c2ccc(F)cc2)c(O)c1. The van der Waals surface area contributed by atoms with Crippen LogP contribution >= 0.6 is 0 Å². The van der Waals surface area contributed by atoms with Crippen LogP contribution in [0, 0.1) is 5.82 Å². The third-order valence-electron chi connectivity index (χ3n) is 3.05. The Morgan fingerprint density at radius 1 is 1.19 bits per heavy atom. The minimum absolute atomic E-state index is 0.0461. The zero-order valence-corrected chi connectivity index (χ0v) is 11.7. The van der Waals surface area contributed by atoms with Crippen molar-refractivity contribution in [2.45, 2.75) is 13.0 Å². The number of hydrogen-bond donors (Lipinski definition) is 1. The minimum atomic E-state index is -0.660. The van der Waals surface area contributed by atoms with Gasteiger partial charge in [-0.05, 0) is 36.8 Å². The summed E-state index contributed by atoms with van der Waals surface area (Å²) in [5, 5.41) is 9.78. The van der Waals surface area contributed by atoms with E-state index in [2.05, 4.69) is 0 Å². The van der Waals surface area contributed by atoms with Crippen LogP contribution in [0.25, 0.3) is 0 Å². The number of carbonyl (C=O) groups is 1. The van der Waals surface area contributed by atoms with Crippen LogP contribution in [-0.2, 0) is 4.74 Å². The van der Waals surface area contributed by atoms with Gasteiger partial charge in [-0.2, -0.15) is 0 Å². The van der Waals surface area contributed by atoms with Crippen LogP contribution in [0.3, 0.4) is 0 Å². The monoisotopic (exact) mass is 290 g/mol. The molecule has 1 N–H and O–H groups in total. The van der Waals surface area contributed by atoms with E-state index in [1.165, 1.54) is 31.4 Å². The number of phenolic OH excluding ortho intramolecular Hbond substituents is 1. The molecule has 0 fully saturated rings. The lowest BCUT2D eigenvalue weighted by Crippen LogP contribution is -2.09. The van der Waals surface area contributed by atoms with Gasteiger partial charge >= 0.3 is 5.97 Å². The molecule has 0 saturated carbocycles. The molecule has 0 aromatic heterocycles. The number of rotatable bonds is 4. The molecule has 5 heteroatoms. The molecule has 4 nitrogen and oxygen atoms in total. The van der Waals surface area contributed by atoms with Crippen LogP contribution in [0.15, 0.2) is 42.5 Å². The quantitative estimate of drug-likeness (QED) is 0.876. The molecule has 0 amide bonds. The molecule has 0 aliphatic carbocycles. The van der Waals surface area contributed by atoms with E-state index in [0.717, 1.165) is 0 Å². The summed E-state index contributed by atoms with van der Waals surface area (Å²) >= 11 is 0. The number of carbonyl (C=O) groups excluding carboxylic acids is 1. The van der Waals surface area contributed by atoms with Crippen molar-refractivity contribution >= 4 is 5.97 Å². The van der Waals surface area contributed by atoms with Crippen molar-refractivity contribution in [1.29, 1.82) is 0 Å². The van der Waals surface area contributed by atoms with Crippen LogP contribution in [-0.4, -0.2) is 18.2 Å². The molecule has 2 rings (SSSR count). The number of hydrogen-bond acceptors (Lipinski definition) is 4. The Morgan fingerprint density at radius 3 is 2.43 bits per heavy atom. The van der Waals surface area contributed by atoms with Crippen LogP contribution in [0.2, 0.25) is 0 Å². The molecule has 2 aromatic rings. The van der Waals surface area contributed by atoms with Crippen molar-refractivity contribution in [1.82, 2.24) is 0 Å². The summed E-state index contributed by atoms with van der Waals surface area (Å²) in [5.41, 5.74) is 0.711. The summed E-state index contributed by atoms with van der Waals surface area (Å²) in [4.78, 5) is 12.0. The first-order valence-electron chi connectivity index (χ1n) is 6.34. The Bertz CT molecular complexity index is 637. The number of ether oxygens (including phenoxy) is 2. The summed E-state index contributed by atoms with van der Waals surface area (Å²) in [6.07, 6.45) is -0.556. The fraction of sp³-hybridized carbons (Fsp3) is 0.188. The highest BCUT2D eigenvalue weighted by atomic mass is 19.1. The Kier molecular flexibility index (Phi) is 4.42. The highest BCUT2D eigenvalue weighted by Crippen LogP contribution is 2.26. The maximum Gasteiger partial charge on any atom is 0.342 e. The maximum absolute atomic E-state index is 12.8. The van der Waals surface area contributed by atoms with Crippen molar-refractivity contribution in [3.63, 3.8) is 0 Å². The third kappa shape index (κ3) is 3.51. The average Bonchev–Trinajstić information content (AvgIpc) is 2.47. The van der Waals surface area contributed by atoms with E-state index < -0.39 is 12.1 Å². The second kappa shape index (κ2) is 6.26. The minimum Gasteiger partial charge on any atom is -0.507 e. The summed E-state index contributed by atoms with van der Waals surface area (Å²) in [6.45, 7) is 1.67. The summed E-state index contributed by atoms with van der Waals surface area (Å²) < 4.78 is 23.0. The van der Waals surface area contributed by atoms with E-state index in [1.54, 1.807) is 25.1 Å². The number of benzene rings is 2. The summed E-state index contributed by atoms with van der Waals surface area (Å²) in [6, 6.07) is 9.99. The molecule has 0 aliphatic rings. The van der Waals surface area contributed by atoms with Gasteiger partial charge in [0.1, 0.15) is 29.0 Å². The highest BCUT2D eigenvalue weighted by molar-refractivity contribution is 5.92. The van der Waals surface area contributed by atoms with E-state index in [4.69, 9.17) is 9.47 Å². The summed E-state index contributed by atoms with van der Waals surface area (Å²) in [5.74, 6) is -0.793. The number of phenols is 1. The molecule has 21 heavy (non-hydrogen) atoms. The number of methoxy groups -OCH3 is 1. The second-order valence-corrected chi connectivity index (χ2v) is 4.48. The zero-order chi connectivity index (χ0) is 15.4. The lowest BCUT2D eigenvalue weighted by Gasteiger charge is -2.14. The fourth-order valence-electron chi connectivity index (χ4n) is 1.84. The van der Waals surface area contributed by atoms with Gasteiger partial charge in [0.2, 0.25) is 0 Å². The van der Waals surface area contributed by atoms with Gasteiger partial charge in [0, 0.05) is 6.07 Å². The van der Waals surface area contributed by atoms with E-state index in [0.29, 0.717) is 11.3 Å². The molecule has 0 heterocycles. The molecular formula is C16H15FO4. The van der Waals surface area contributed by atoms with Gasteiger partial charge in [-0.25, -0.2) is 9.18 Å². The predicted octanol–water partition coefficient (Wildman–Crippen LogP) is 3.46. The number of halogens is 1. The standard InChI is InChI=1S/C16H15FO4/c1-10(11-3-5-12(17)6-4-11)21-16(19)14-8-7-13(20-2)9-15(14)18/h3-10,18H,1-2H3. The first-order valence-corrected chi connectivity index (χ1v) is 6.34. The predicted molar refractivity (Wildman–Crippen MR) is 74.9 cm³/mol. The smallest absolute Gasteiger partial charge is 0.342 e. The Labute approximate surface area is 121 Å². The molecule has 0 bridgehead atoms. The van der Waals surface area contributed by atoms with Gasteiger partial charge in [0.25, 0.3) is 0 Å². The first-order chi connectivity index (χ1) is 10.0. The lowest BCUT2D eigenvalue weighted by molar-refractivity contribution is 0.0334. The van der Waals surface area contributed by atoms with Gasteiger partial charge in [-0.1, -0.05) is 12.1 Å². The van der Waals surface area contributed by atoms with Gasteiger partial charge in [0.15, 0.2) is 0 Å². The van der Waals surface area contributed by atoms with Gasteiger partial charge < -0.3 is 14.6 Å². The van der Waals surface area contributed by atoms with Crippen LogP contribution in [0.1, 0.15) is 28.9 Å². The molecule has 2 aromatic carbocycles. The topological polar surface area (TPSA) is 55.8 Å². The molecule has 1 unspecified atom stereocenters. The van der Waals surface area contributed by atoms with Crippen LogP contribution in [0.4, 0.5) is 4.39 Å². The first kappa shape index (κ1) is 14.8. The van der Waals surface area contributed by atoms with E-state index >= 15 is 0 Å².